The van der Waals surface area contributed by atoms with E-state index in [4.69, 9.17) is 4.74 Å². The lowest BCUT2D eigenvalue weighted by Gasteiger charge is -2.16. The Morgan fingerprint density at radius 3 is 2.32 bits per heavy atom. The van der Waals surface area contributed by atoms with Gasteiger partial charge in [-0.15, -0.1) is 0 Å². The number of rotatable bonds is 7. The lowest BCUT2D eigenvalue weighted by atomic mass is 10.2. The molecule has 0 radical (unpaired) electrons. The number of nitrogens with one attached hydrogen (secondary N) is 1. The van der Waals surface area contributed by atoms with Crippen LogP contribution in [0.2, 0.25) is 0 Å². The summed E-state index contributed by atoms with van der Waals surface area (Å²) in [6.07, 6.45) is -6.09. The zero-order valence-electron chi connectivity index (χ0n) is 11.0. The van der Waals surface area contributed by atoms with Crippen molar-refractivity contribution < 1.29 is 22.6 Å². The van der Waals surface area contributed by atoms with E-state index < -0.39 is 12.3 Å². The summed E-state index contributed by atoms with van der Waals surface area (Å²) in [5.74, 6) is 0.614. The largest absolute Gasteiger partial charge is 0.491 e. The third kappa shape index (κ3) is 5.94. The molecule has 1 unspecified atom stereocenters. The fourth-order valence-corrected chi connectivity index (χ4v) is 1.39. The number of hydrogen-bond acceptors (Lipinski definition) is 3. The van der Waals surface area contributed by atoms with Crippen molar-refractivity contribution in [2.45, 2.75) is 25.7 Å². The minimum Gasteiger partial charge on any atom is -0.491 e. The van der Waals surface area contributed by atoms with Gasteiger partial charge in [-0.25, -0.2) is 0 Å². The van der Waals surface area contributed by atoms with Crippen molar-refractivity contribution in [2.75, 3.05) is 20.3 Å². The summed E-state index contributed by atoms with van der Waals surface area (Å²) in [6, 6.07) is 7.34. The first kappa shape index (κ1) is 15.8. The smallest absolute Gasteiger partial charge is 0.414 e. The molecule has 1 N–H and O–H groups in total. The van der Waals surface area contributed by atoms with Crippen molar-refractivity contribution in [2.24, 2.45) is 0 Å². The summed E-state index contributed by atoms with van der Waals surface area (Å²) in [5.41, 5.74) is 1.11. The third-order valence-corrected chi connectivity index (χ3v) is 2.49. The van der Waals surface area contributed by atoms with Gasteiger partial charge in [0.2, 0.25) is 0 Å². The molecule has 19 heavy (non-hydrogen) atoms. The van der Waals surface area contributed by atoms with Crippen molar-refractivity contribution in [3.63, 3.8) is 0 Å². The first-order valence-corrected chi connectivity index (χ1v) is 5.98. The van der Waals surface area contributed by atoms with Crippen LogP contribution < -0.4 is 10.1 Å². The van der Waals surface area contributed by atoms with E-state index >= 15 is 0 Å². The van der Waals surface area contributed by atoms with Crippen LogP contribution in [0.5, 0.6) is 5.75 Å². The Morgan fingerprint density at radius 1 is 1.16 bits per heavy atom. The molecule has 3 nitrogen and oxygen atoms in total. The maximum atomic E-state index is 12.1. The van der Waals surface area contributed by atoms with Crippen molar-refractivity contribution in [1.29, 1.82) is 0 Å². The average molecular weight is 277 g/mol. The van der Waals surface area contributed by atoms with Gasteiger partial charge in [0.05, 0.1) is 6.61 Å². The SMILES string of the molecule is CNCc1ccc(OCCOC(C)C(F)(F)F)cc1. The van der Waals surface area contributed by atoms with Gasteiger partial charge in [0.25, 0.3) is 0 Å². The molecule has 1 aromatic rings. The molecule has 1 rings (SSSR count). The predicted molar refractivity (Wildman–Crippen MR) is 66.2 cm³/mol. The summed E-state index contributed by atoms with van der Waals surface area (Å²) in [6.45, 7) is 1.73. The monoisotopic (exact) mass is 277 g/mol. The quantitative estimate of drug-likeness (QED) is 0.777. The Bertz CT molecular complexity index is 365. The molecule has 1 aromatic carbocycles. The number of alkyl halides is 3. The molecule has 0 fully saturated rings. The molecule has 0 aliphatic heterocycles. The Kier molecular flexibility index (Phi) is 6.11. The Hall–Kier alpha value is -1.27. The van der Waals surface area contributed by atoms with Gasteiger partial charge in [-0.3, -0.25) is 0 Å². The highest BCUT2D eigenvalue weighted by atomic mass is 19.4. The second-order valence-corrected chi connectivity index (χ2v) is 4.08. The number of ether oxygens (including phenoxy) is 2. The standard InChI is InChI=1S/C13H18F3NO2/c1-10(13(14,15)16)18-7-8-19-12-5-3-11(4-6-12)9-17-2/h3-6,10,17H,7-9H2,1-2H3. The summed E-state index contributed by atoms with van der Waals surface area (Å²) in [4.78, 5) is 0. The minimum atomic E-state index is -4.32. The Morgan fingerprint density at radius 2 is 1.79 bits per heavy atom. The lowest BCUT2D eigenvalue weighted by molar-refractivity contribution is -0.215. The van der Waals surface area contributed by atoms with E-state index in [9.17, 15) is 13.2 Å². The molecule has 0 aliphatic carbocycles. The van der Waals surface area contributed by atoms with Gasteiger partial charge in [0.15, 0.2) is 6.10 Å². The Balaban J connectivity index is 2.26. The molecule has 0 bridgehead atoms. The van der Waals surface area contributed by atoms with Crippen LogP contribution in [0.1, 0.15) is 12.5 Å². The highest BCUT2D eigenvalue weighted by molar-refractivity contribution is 5.27. The molecule has 0 saturated carbocycles. The first-order valence-electron chi connectivity index (χ1n) is 5.98. The van der Waals surface area contributed by atoms with E-state index in [-0.39, 0.29) is 13.2 Å². The van der Waals surface area contributed by atoms with Gasteiger partial charge in [0.1, 0.15) is 12.4 Å². The van der Waals surface area contributed by atoms with Crippen molar-refractivity contribution in [3.8, 4) is 5.75 Å². The molecule has 0 spiro atoms. The summed E-state index contributed by atoms with van der Waals surface area (Å²) < 4.78 is 46.4. The number of benzene rings is 1. The van der Waals surface area contributed by atoms with Gasteiger partial charge in [-0.05, 0) is 31.7 Å². The predicted octanol–water partition coefficient (Wildman–Crippen LogP) is 2.75. The van der Waals surface area contributed by atoms with Crippen molar-refractivity contribution >= 4 is 0 Å². The van der Waals surface area contributed by atoms with E-state index in [2.05, 4.69) is 10.1 Å². The fourth-order valence-electron chi connectivity index (χ4n) is 1.39. The van der Waals surface area contributed by atoms with Crippen LogP contribution in [0.3, 0.4) is 0 Å². The molecule has 0 saturated heterocycles. The van der Waals surface area contributed by atoms with Gasteiger partial charge in [-0.2, -0.15) is 13.2 Å². The van der Waals surface area contributed by atoms with Crippen LogP contribution in [-0.4, -0.2) is 32.5 Å². The Labute approximate surface area is 110 Å². The first-order chi connectivity index (χ1) is 8.93. The zero-order valence-corrected chi connectivity index (χ0v) is 11.0. The maximum absolute atomic E-state index is 12.1. The van der Waals surface area contributed by atoms with Crippen molar-refractivity contribution in [1.82, 2.24) is 5.32 Å². The van der Waals surface area contributed by atoms with Crippen LogP contribution in [0, 0.1) is 0 Å². The fraction of sp³-hybridized carbons (Fsp3) is 0.538. The summed E-state index contributed by atoms with van der Waals surface area (Å²) in [5, 5.41) is 3.01. The molecule has 6 heteroatoms. The highest BCUT2D eigenvalue weighted by Crippen LogP contribution is 2.22. The molecular formula is C13H18F3NO2. The highest BCUT2D eigenvalue weighted by Gasteiger charge is 2.36. The molecule has 108 valence electrons. The normalized spacial score (nSPS) is 13.3. The van der Waals surface area contributed by atoms with Crippen LogP contribution in [0.15, 0.2) is 24.3 Å². The zero-order chi connectivity index (χ0) is 14.3. The average Bonchev–Trinajstić information content (AvgIpc) is 2.35. The molecule has 0 aromatic heterocycles. The van der Waals surface area contributed by atoms with Crippen molar-refractivity contribution in [3.05, 3.63) is 29.8 Å². The van der Waals surface area contributed by atoms with E-state index in [1.807, 2.05) is 19.2 Å². The second-order valence-electron chi connectivity index (χ2n) is 4.08. The molecule has 0 heterocycles. The van der Waals surface area contributed by atoms with Crippen LogP contribution >= 0.6 is 0 Å². The van der Waals surface area contributed by atoms with E-state index in [1.54, 1.807) is 12.1 Å². The number of hydrogen-bond donors (Lipinski definition) is 1. The van der Waals surface area contributed by atoms with Gasteiger partial charge < -0.3 is 14.8 Å². The topological polar surface area (TPSA) is 30.5 Å². The minimum absolute atomic E-state index is 0.0891. The molecule has 1 atom stereocenters. The third-order valence-electron chi connectivity index (χ3n) is 2.49. The van der Waals surface area contributed by atoms with E-state index in [1.165, 1.54) is 0 Å². The maximum Gasteiger partial charge on any atom is 0.414 e. The van der Waals surface area contributed by atoms with Gasteiger partial charge in [-0.1, -0.05) is 12.1 Å². The van der Waals surface area contributed by atoms with E-state index in [0.717, 1.165) is 19.0 Å². The molecular weight excluding hydrogens is 259 g/mol. The molecule has 0 amide bonds. The molecule has 0 aliphatic rings. The van der Waals surface area contributed by atoms with Crippen LogP contribution in [-0.2, 0) is 11.3 Å². The summed E-state index contributed by atoms with van der Waals surface area (Å²) in [7, 11) is 1.85. The number of halogens is 3. The van der Waals surface area contributed by atoms with E-state index in [0.29, 0.717) is 5.75 Å². The van der Waals surface area contributed by atoms with Crippen LogP contribution in [0.25, 0.3) is 0 Å². The second kappa shape index (κ2) is 7.35. The van der Waals surface area contributed by atoms with Gasteiger partial charge in [0, 0.05) is 6.54 Å². The van der Waals surface area contributed by atoms with Crippen LogP contribution in [0.4, 0.5) is 13.2 Å². The lowest BCUT2D eigenvalue weighted by Crippen LogP contribution is -2.29. The summed E-state index contributed by atoms with van der Waals surface area (Å²) >= 11 is 0. The van der Waals surface area contributed by atoms with Gasteiger partial charge >= 0.3 is 6.18 Å².